The van der Waals surface area contributed by atoms with Crippen LogP contribution in [0.1, 0.15) is 19.4 Å². The molecule has 0 aromatic heterocycles. The Kier molecular flexibility index (Phi) is 5.71. The molecule has 0 spiro atoms. The van der Waals surface area contributed by atoms with Crippen molar-refractivity contribution in [1.82, 2.24) is 5.32 Å². The van der Waals surface area contributed by atoms with Gasteiger partial charge in [0.1, 0.15) is 0 Å². The molecule has 0 aliphatic rings. The van der Waals surface area contributed by atoms with E-state index in [1.54, 1.807) is 12.1 Å². The molecule has 1 aromatic rings. The van der Waals surface area contributed by atoms with E-state index in [2.05, 4.69) is 21.2 Å². The van der Waals surface area contributed by atoms with Crippen LogP contribution in [0, 0.1) is 0 Å². The van der Waals surface area contributed by atoms with E-state index >= 15 is 0 Å². The van der Waals surface area contributed by atoms with Crippen LogP contribution in [-0.4, -0.2) is 24.2 Å². The van der Waals surface area contributed by atoms with Crippen molar-refractivity contribution in [3.63, 3.8) is 0 Å². The standard InChI is InChI=1S/C13H16BrNO3/c1-3-18-12-8-10(7-11(14)13(12)17)5-4-6-15-9(2)16/h4-5,7-8,17H,3,6H2,1-2H3,(H,15,16). The number of carbonyl (C=O) groups is 1. The molecule has 18 heavy (non-hydrogen) atoms. The van der Waals surface area contributed by atoms with Crippen LogP contribution in [0.2, 0.25) is 0 Å². The molecule has 0 fully saturated rings. The highest BCUT2D eigenvalue weighted by atomic mass is 79.9. The lowest BCUT2D eigenvalue weighted by Gasteiger charge is -2.08. The Bertz CT molecular complexity index is 458. The van der Waals surface area contributed by atoms with E-state index in [-0.39, 0.29) is 11.7 Å². The summed E-state index contributed by atoms with van der Waals surface area (Å²) in [6, 6.07) is 3.52. The Hall–Kier alpha value is -1.49. The van der Waals surface area contributed by atoms with E-state index < -0.39 is 0 Å². The number of nitrogens with one attached hydrogen (secondary N) is 1. The van der Waals surface area contributed by atoms with Gasteiger partial charge in [-0.25, -0.2) is 0 Å². The minimum atomic E-state index is -0.0680. The van der Waals surface area contributed by atoms with Crippen molar-refractivity contribution >= 4 is 27.9 Å². The second-order valence-electron chi connectivity index (χ2n) is 3.62. The maximum Gasteiger partial charge on any atom is 0.217 e. The van der Waals surface area contributed by atoms with Gasteiger partial charge >= 0.3 is 0 Å². The highest BCUT2D eigenvalue weighted by Crippen LogP contribution is 2.35. The molecule has 0 radical (unpaired) electrons. The normalized spacial score (nSPS) is 10.6. The zero-order chi connectivity index (χ0) is 13.5. The van der Waals surface area contributed by atoms with Crippen molar-refractivity contribution < 1.29 is 14.6 Å². The summed E-state index contributed by atoms with van der Waals surface area (Å²) in [4.78, 5) is 10.7. The zero-order valence-corrected chi connectivity index (χ0v) is 12.0. The molecule has 0 bridgehead atoms. The number of amides is 1. The van der Waals surface area contributed by atoms with Crippen molar-refractivity contribution in [2.75, 3.05) is 13.2 Å². The molecule has 98 valence electrons. The van der Waals surface area contributed by atoms with Crippen LogP contribution in [0.4, 0.5) is 0 Å². The summed E-state index contributed by atoms with van der Waals surface area (Å²) in [6.45, 7) is 4.28. The maximum absolute atomic E-state index is 10.7. The number of rotatable bonds is 5. The van der Waals surface area contributed by atoms with Crippen LogP contribution < -0.4 is 10.1 Å². The first-order valence-corrected chi connectivity index (χ1v) is 6.40. The number of phenols is 1. The molecule has 0 saturated heterocycles. The van der Waals surface area contributed by atoms with Gasteiger partial charge in [-0.1, -0.05) is 12.2 Å². The number of hydrogen-bond donors (Lipinski definition) is 2. The van der Waals surface area contributed by atoms with E-state index in [1.807, 2.05) is 19.1 Å². The average Bonchev–Trinajstić information content (AvgIpc) is 2.31. The molecule has 1 aromatic carbocycles. The molecule has 1 rings (SSSR count). The van der Waals surface area contributed by atoms with Crippen molar-refractivity contribution in [2.24, 2.45) is 0 Å². The number of aromatic hydroxyl groups is 1. The van der Waals surface area contributed by atoms with Crippen LogP contribution in [-0.2, 0) is 4.79 Å². The molecule has 1 amide bonds. The highest BCUT2D eigenvalue weighted by Gasteiger charge is 2.07. The van der Waals surface area contributed by atoms with Gasteiger partial charge in [-0.2, -0.15) is 0 Å². The molecular formula is C13H16BrNO3. The summed E-state index contributed by atoms with van der Waals surface area (Å²) >= 11 is 3.27. The van der Waals surface area contributed by atoms with Gasteiger partial charge in [-0.05, 0) is 40.5 Å². The SMILES string of the molecule is CCOc1cc(C=CCNC(C)=O)cc(Br)c1O. The number of benzene rings is 1. The highest BCUT2D eigenvalue weighted by molar-refractivity contribution is 9.10. The first-order chi connectivity index (χ1) is 8.54. The van der Waals surface area contributed by atoms with Gasteiger partial charge in [0.2, 0.25) is 5.91 Å². The van der Waals surface area contributed by atoms with Gasteiger partial charge in [0.05, 0.1) is 11.1 Å². The van der Waals surface area contributed by atoms with Crippen LogP contribution in [0.15, 0.2) is 22.7 Å². The summed E-state index contributed by atoms with van der Waals surface area (Å²) in [7, 11) is 0. The summed E-state index contributed by atoms with van der Waals surface area (Å²) in [6.07, 6.45) is 3.68. The third kappa shape index (κ3) is 4.41. The molecule has 0 aliphatic heterocycles. The molecule has 4 nitrogen and oxygen atoms in total. The Morgan fingerprint density at radius 1 is 1.56 bits per heavy atom. The second-order valence-corrected chi connectivity index (χ2v) is 4.48. The third-order valence-electron chi connectivity index (χ3n) is 2.13. The van der Waals surface area contributed by atoms with Crippen LogP contribution in [0.5, 0.6) is 11.5 Å². The van der Waals surface area contributed by atoms with E-state index in [0.29, 0.717) is 23.4 Å². The predicted molar refractivity (Wildman–Crippen MR) is 74.7 cm³/mol. The molecule has 0 aliphatic carbocycles. The monoisotopic (exact) mass is 313 g/mol. The van der Waals surface area contributed by atoms with Gasteiger partial charge in [-0.15, -0.1) is 0 Å². The van der Waals surface area contributed by atoms with Crippen molar-refractivity contribution in [1.29, 1.82) is 0 Å². The predicted octanol–water partition coefficient (Wildman–Crippen LogP) is 2.70. The summed E-state index contributed by atoms with van der Waals surface area (Å²) < 4.78 is 5.90. The van der Waals surface area contributed by atoms with Crippen LogP contribution >= 0.6 is 15.9 Å². The van der Waals surface area contributed by atoms with Gasteiger partial charge in [0.25, 0.3) is 0 Å². The summed E-state index contributed by atoms with van der Waals surface area (Å²) in [5.74, 6) is 0.462. The minimum Gasteiger partial charge on any atom is -0.503 e. The Morgan fingerprint density at radius 2 is 2.28 bits per heavy atom. The molecule has 0 atom stereocenters. The van der Waals surface area contributed by atoms with E-state index in [0.717, 1.165) is 5.56 Å². The molecule has 2 N–H and O–H groups in total. The smallest absolute Gasteiger partial charge is 0.217 e. The van der Waals surface area contributed by atoms with Gasteiger partial charge in [-0.3, -0.25) is 4.79 Å². The van der Waals surface area contributed by atoms with Crippen LogP contribution in [0.3, 0.4) is 0 Å². The molecule has 0 unspecified atom stereocenters. The molecule has 0 heterocycles. The van der Waals surface area contributed by atoms with E-state index in [9.17, 15) is 9.90 Å². The fourth-order valence-electron chi connectivity index (χ4n) is 1.35. The fourth-order valence-corrected chi connectivity index (χ4v) is 1.81. The zero-order valence-electron chi connectivity index (χ0n) is 10.4. The fraction of sp³-hybridized carbons (Fsp3) is 0.308. The molecule has 5 heteroatoms. The quantitative estimate of drug-likeness (QED) is 0.878. The summed E-state index contributed by atoms with van der Waals surface area (Å²) in [5.41, 5.74) is 0.883. The lowest BCUT2D eigenvalue weighted by Crippen LogP contribution is -2.19. The number of halogens is 1. The second kappa shape index (κ2) is 7.06. The van der Waals surface area contributed by atoms with Crippen molar-refractivity contribution in [3.8, 4) is 11.5 Å². The Balaban J connectivity index is 2.80. The largest absolute Gasteiger partial charge is 0.503 e. The van der Waals surface area contributed by atoms with E-state index in [1.165, 1.54) is 6.92 Å². The Labute approximate surface area is 115 Å². The van der Waals surface area contributed by atoms with E-state index in [4.69, 9.17) is 4.74 Å². The Morgan fingerprint density at radius 3 is 2.89 bits per heavy atom. The molecule has 0 saturated carbocycles. The number of hydrogen-bond acceptors (Lipinski definition) is 3. The number of phenolic OH excluding ortho intramolecular Hbond substituents is 1. The average molecular weight is 314 g/mol. The van der Waals surface area contributed by atoms with Crippen molar-refractivity contribution in [3.05, 3.63) is 28.2 Å². The number of ether oxygens (including phenoxy) is 1. The van der Waals surface area contributed by atoms with Gasteiger partial charge in [0.15, 0.2) is 11.5 Å². The summed E-state index contributed by atoms with van der Waals surface area (Å²) in [5, 5.41) is 12.4. The topological polar surface area (TPSA) is 58.6 Å². The van der Waals surface area contributed by atoms with Crippen LogP contribution in [0.25, 0.3) is 6.08 Å². The lowest BCUT2D eigenvalue weighted by molar-refractivity contribution is -0.118. The third-order valence-corrected chi connectivity index (χ3v) is 2.73. The first-order valence-electron chi connectivity index (χ1n) is 5.61. The first kappa shape index (κ1) is 14.6. The van der Waals surface area contributed by atoms with Crippen molar-refractivity contribution in [2.45, 2.75) is 13.8 Å². The van der Waals surface area contributed by atoms with Gasteiger partial charge < -0.3 is 15.2 Å². The van der Waals surface area contributed by atoms with Gasteiger partial charge in [0, 0.05) is 13.5 Å². The molecular weight excluding hydrogens is 298 g/mol. The number of carbonyl (C=O) groups excluding carboxylic acids is 1. The maximum atomic E-state index is 10.7. The minimum absolute atomic E-state index is 0.0680. The lowest BCUT2D eigenvalue weighted by atomic mass is 10.2.